The van der Waals surface area contributed by atoms with Crippen molar-refractivity contribution in [3.05, 3.63) is 38.5 Å². The highest BCUT2D eigenvalue weighted by molar-refractivity contribution is 9.10. The minimum atomic E-state index is -0.890. The molecule has 0 aliphatic carbocycles. The molecule has 0 fully saturated rings. The second-order valence-corrected chi connectivity index (χ2v) is 5.46. The molecule has 0 bridgehead atoms. The Balaban J connectivity index is 3.35. The molecule has 0 spiro atoms. The number of nitrogens with zero attached hydrogens (tertiary/aromatic N) is 1. The Morgan fingerprint density at radius 2 is 2.00 bits per heavy atom. The number of hydrogen-bond acceptors (Lipinski definition) is 8. The van der Waals surface area contributed by atoms with E-state index in [0.717, 1.165) is 26.7 Å². The first-order valence-corrected chi connectivity index (χ1v) is 7.89. The van der Waals surface area contributed by atoms with Crippen molar-refractivity contribution < 1.29 is 28.7 Å². The summed E-state index contributed by atoms with van der Waals surface area (Å²) in [6.45, 7) is 2.31. The average molecular weight is 417 g/mol. The number of hydrogen-bond donors (Lipinski definition) is 1. The molecule has 9 nitrogen and oxygen atoms in total. The normalized spacial score (nSPS) is 10.8. The van der Waals surface area contributed by atoms with Gasteiger partial charge in [-0.1, -0.05) is 6.92 Å². The van der Waals surface area contributed by atoms with Gasteiger partial charge in [-0.3, -0.25) is 10.1 Å². The molecule has 136 valence electrons. The highest BCUT2D eigenvalue weighted by Crippen LogP contribution is 2.36. The predicted molar refractivity (Wildman–Crippen MR) is 92.3 cm³/mol. The fourth-order valence-corrected chi connectivity index (χ4v) is 2.14. The number of anilines is 1. The number of nitrogens with one attached hydrogen (secondary N) is 1. The summed E-state index contributed by atoms with van der Waals surface area (Å²) in [5.74, 6) is -1.37. The van der Waals surface area contributed by atoms with E-state index in [1.807, 2.05) is 6.92 Å². The van der Waals surface area contributed by atoms with Crippen LogP contribution in [0.25, 0.3) is 0 Å². The third-order valence-corrected chi connectivity index (χ3v) is 3.47. The van der Waals surface area contributed by atoms with E-state index in [1.54, 1.807) is 0 Å². The van der Waals surface area contributed by atoms with E-state index < -0.39 is 16.9 Å². The van der Waals surface area contributed by atoms with Crippen LogP contribution < -0.4 is 10.1 Å². The third kappa shape index (κ3) is 5.75. The average Bonchev–Trinajstić information content (AvgIpc) is 2.59. The van der Waals surface area contributed by atoms with Gasteiger partial charge in [-0.15, -0.1) is 0 Å². The molecule has 0 aromatic heterocycles. The summed E-state index contributed by atoms with van der Waals surface area (Å²) in [4.78, 5) is 33.8. The van der Waals surface area contributed by atoms with Crippen molar-refractivity contribution in [3.8, 4) is 5.75 Å². The van der Waals surface area contributed by atoms with E-state index in [1.165, 1.54) is 12.1 Å². The van der Waals surface area contributed by atoms with E-state index in [2.05, 4.69) is 30.7 Å². The monoisotopic (exact) mass is 416 g/mol. The lowest BCUT2D eigenvalue weighted by Crippen LogP contribution is -2.16. The Labute approximate surface area is 152 Å². The molecule has 0 heterocycles. The van der Waals surface area contributed by atoms with Gasteiger partial charge in [0.2, 0.25) is 0 Å². The van der Waals surface area contributed by atoms with Gasteiger partial charge in [0.25, 0.3) is 5.69 Å². The Hall–Kier alpha value is -2.62. The number of benzene rings is 1. The number of carbonyl (C=O) groups excluding carboxylic acids is 2. The molecular weight excluding hydrogens is 400 g/mol. The van der Waals surface area contributed by atoms with Crippen LogP contribution in [0, 0.1) is 10.1 Å². The lowest BCUT2D eigenvalue weighted by molar-refractivity contribution is -0.384. The fourth-order valence-electron chi connectivity index (χ4n) is 1.69. The van der Waals surface area contributed by atoms with Crippen LogP contribution in [0.4, 0.5) is 11.4 Å². The molecule has 0 aliphatic heterocycles. The van der Waals surface area contributed by atoms with Gasteiger partial charge < -0.3 is 19.5 Å². The molecule has 0 radical (unpaired) electrons. The number of nitro benzene ring substituents is 1. The quantitative estimate of drug-likeness (QED) is 0.297. The van der Waals surface area contributed by atoms with Crippen molar-refractivity contribution in [3.63, 3.8) is 0 Å². The summed E-state index contributed by atoms with van der Waals surface area (Å²) in [6, 6.07) is 2.59. The first kappa shape index (κ1) is 20.4. The lowest BCUT2D eigenvalue weighted by atomic mass is 10.2. The molecule has 0 aliphatic rings. The van der Waals surface area contributed by atoms with Gasteiger partial charge in [0.05, 0.1) is 36.3 Å². The number of nitro groups is 1. The van der Waals surface area contributed by atoms with Gasteiger partial charge in [-0.05, 0) is 22.4 Å². The second kappa shape index (κ2) is 9.62. The molecule has 25 heavy (non-hydrogen) atoms. The Bertz CT molecular complexity index is 703. The topological polar surface area (TPSA) is 117 Å². The molecule has 1 rings (SSSR count). The number of carbonyl (C=O) groups is 2. The SMILES string of the molecule is CCCOc1cc(N/C(=C/C(=O)OC)C(=O)OC)c([N+](=O)[O-])cc1Br. The zero-order valence-electron chi connectivity index (χ0n) is 13.8. The maximum atomic E-state index is 11.8. The Morgan fingerprint density at radius 3 is 2.52 bits per heavy atom. The van der Waals surface area contributed by atoms with E-state index in [4.69, 9.17) is 4.74 Å². The van der Waals surface area contributed by atoms with E-state index in [9.17, 15) is 19.7 Å². The molecule has 0 saturated heterocycles. The molecule has 1 N–H and O–H groups in total. The van der Waals surface area contributed by atoms with Crippen molar-refractivity contribution in [1.29, 1.82) is 0 Å². The molecule has 0 atom stereocenters. The van der Waals surface area contributed by atoms with E-state index in [0.29, 0.717) is 16.8 Å². The van der Waals surface area contributed by atoms with Crippen molar-refractivity contribution in [2.75, 3.05) is 26.1 Å². The van der Waals surface area contributed by atoms with Crippen LogP contribution in [0.2, 0.25) is 0 Å². The van der Waals surface area contributed by atoms with Crippen molar-refractivity contribution in [2.45, 2.75) is 13.3 Å². The van der Waals surface area contributed by atoms with Gasteiger partial charge in [0, 0.05) is 12.1 Å². The second-order valence-electron chi connectivity index (χ2n) is 4.60. The third-order valence-electron chi connectivity index (χ3n) is 2.85. The Morgan fingerprint density at radius 1 is 1.32 bits per heavy atom. The van der Waals surface area contributed by atoms with Gasteiger partial charge in [-0.25, -0.2) is 9.59 Å². The minimum absolute atomic E-state index is 0.0418. The first-order valence-electron chi connectivity index (χ1n) is 7.09. The van der Waals surface area contributed by atoms with Crippen molar-refractivity contribution in [1.82, 2.24) is 0 Å². The summed E-state index contributed by atoms with van der Waals surface area (Å²) >= 11 is 3.20. The van der Waals surface area contributed by atoms with Crippen LogP contribution >= 0.6 is 15.9 Å². The highest BCUT2D eigenvalue weighted by Gasteiger charge is 2.22. The van der Waals surface area contributed by atoms with Gasteiger partial charge in [-0.2, -0.15) is 0 Å². The maximum Gasteiger partial charge on any atom is 0.354 e. The van der Waals surface area contributed by atoms with Crippen LogP contribution in [0.5, 0.6) is 5.75 Å². The van der Waals surface area contributed by atoms with Gasteiger partial charge in [0.15, 0.2) is 0 Å². The molecular formula is C15H17BrN2O7. The zero-order valence-corrected chi connectivity index (χ0v) is 15.4. The number of esters is 2. The van der Waals surface area contributed by atoms with E-state index >= 15 is 0 Å². The Kier molecular flexibility index (Phi) is 7.86. The summed E-state index contributed by atoms with van der Waals surface area (Å²) < 4.78 is 14.9. The summed E-state index contributed by atoms with van der Waals surface area (Å²) in [7, 11) is 2.24. The smallest absolute Gasteiger partial charge is 0.354 e. The molecule has 0 amide bonds. The van der Waals surface area contributed by atoms with Crippen LogP contribution in [0.1, 0.15) is 13.3 Å². The van der Waals surface area contributed by atoms with Crippen molar-refractivity contribution >= 4 is 39.2 Å². The number of halogens is 1. The van der Waals surface area contributed by atoms with Crippen LogP contribution in [-0.2, 0) is 19.1 Å². The first-order chi connectivity index (χ1) is 11.8. The summed E-state index contributed by atoms with van der Waals surface area (Å²) in [5, 5.41) is 13.8. The number of ether oxygens (including phenoxy) is 3. The van der Waals surface area contributed by atoms with Crippen molar-refractivity contribution in [2.24, 2.45) is 0 Å². The highest BCUT2D eigenvalue weighted by atomic mass is 79.9. The van der Waals surface area contributed by atoms with Gasteiger partial charge >= 0.3 is 11.9 Å². The van der Waals surface area contributed by atoms with Gasteiger partial charge in [0.1, 0.15) is 17.1 Å². The standard InChI is InChI=1S/C15H17BrN2O7/c1-4-5-25-13-7-10(12(18(21)22)6-9(13)16)17-11(15(20)24-3)8-14(19)23-2/h6-8,17H,4-5H2,1-3H3/b11-8+. The number of methoxy groups -OCH3 is 2. The molecule has 0 saturated carbocycles. The fraction of sp³-hybridized carbons (Fsp3) is 0.333. The summed E-state index contributed by atoms with van der Waals surface area (Å²) in [5.41, 5.74) is -0.684. The van der Waals surface area contributed by atoms with Crippen LogP contribution in [0.15, 0.2) is 28.4 Å². The summed E-state index contributed by atoms with van der Waals surface area (Å²) in [6.07, 6.45) is 1.58. The molecule has 1 aromatic rings. The van der Waals surface area contributed by atoms with E-state index in [-0.39, 0.29) is 17.1 Å². The largest absolute Gasteiger partial charge is 0.492 e. The zero-order chi connectivity index (χ0) is 19.0. The predicted octanol–water partition coefficient (Wildman–Crippen LogP) is 2.79. The maximum absolute atomic E-state index is 11.8. The van der Waals surface area contributed by atoms with Crippen LogP contribution in [-0.4, -0.2) is 37.7 Å². The molecule has 0 unspecified atom stereocenters. The van der Waals surface area contributed by atoms with Crippen LogP contribution in [0.3, 0.4) is 0 Å². The lowest BCUT2D eigenvalue weighted by Gasteiger charge is -2.13. The molecule has 1 aromatic carbocycles. The number of rotatable bonds is 8. The minimum Gasteiger partial charge on any atom is -0.492 e. The molecule has 10 heteroatoms.